The van der Waals surface area contributed by atoms with Crippen molar-refractivity contribution in [3.05, 3.63) is 60.2 Å². The lowest BCUT2D eigenvalue weighted by Gasteiger charge is -2.09. The van der Waals surface area contributed by atoms with E-state index in [0.29, 0.717) is 19.0 Å². The van der Waals surface area contributed by atoms with Gasteiger partial charge in [-0.15, -0.1) is 0 Å². The molecule has 2 heterocycles. The zero-order valence-corrected chi connectivity index (χ0v) is 10.4. The summed E-state index contributed by atoms with van der Waals surface area (Å²) in [6.45, 7) is 0.831. The van der Waals surface area contributed by atoms with Crippen LogP contribution in [0, 0.1) is 0 Å². The van der Waals surface area contributed by atoms with E-state index < -0.39 is 0 Å². The van der Waals surface area contributed by atoms with Gasteiger partial charge in [0, 0.05) is 18.1 Å². The molecule has 3 rings (SSSR count). The molecule has 0 aliphatic carbocycles. The molecule has 0 saturated heterocycles. The van der Waals surface area contributed by atoms with Gasteiger partial charge in [0.1, 0.15) is 12.4 Å². The Labute approximate surface area is 110 Å². The molecule has 0 fully saturated rings. The minimum atomic E-state index is 0.367. The Morgan fingerprint density at radius 1 is 1.11 bits per heavy atom. The lowest BCUT2D eigenvalue weighted by Crippen LogP contribution is -2.01. The van der Waals surface area contributed by atoms with Crippen molar-refractivity contribution < 1.29 is 9.15 Å². The number of rotatable bonds is 4. The first-order valence-corrected chi connectivity index (χ1v) is 6.10. The summed E-state index contributed by atoms with van der Waals surface area (Å²) >= 11 is 0. The third kappa shape index (κ3) is 2.30. The minimum Gasteiger partial charge on any atom is -0.469 e. The van der Waals surface area contributed by atoms with Gasteiger partial charge >= 0.3 is 0 Å². The topological polar surface area (TPSA) is 61.3 Å². The summed E-state index contributed by atoms with van der Waals surface area (Å²) in [6, 6.07) is 11.7. The maximum atomic E-state index is 5.72. The van der Waals surface area contributed by atoms with E-state index in [4.69, 9.17) is 14.9 Å². The van der Waals surface area contributed by atoms with Crippen molar-refractivity contribution in [2.45, 2.75) is 13.2 Å². The maximum Gasteiger partial charge on any atom is 0.221 e. The van der Waals surface area contributed by atoms with Gasteiger partial charge in [0.05, 0.1) is 6.26 Å². The number of furan rings is 1. The SMILES string of the molecule is NCc1cnc(OCc2ccco2)c2ccccc12. The molecule has 0 aliphatic rings. The van der Waals surface area contributed by atoms with Crippen molar-refractivity contribution in [1.82, 2.24) is 4.98 Å². The van der Waals surface area contributed by atoms with E-state index in [2.05, 4.69) is 4.98 Å². The van der Waals surface area contributed by atoms with E-state index in [-0.39, 0.29) is 0 Å². The standard InChI is InChI=1S/C15H14N2O2/c16-8-11-9-17-15(14-6-2-1-5-13(11)14)19-10-12-4-3-7-18-12/h1-7,9H,8,10,16H2. The van der Waals surface area contributed by atoms with Crippen LogP contribution in [0.1, 0.15) is 11.3 Å². The maximum absolute atomic E-state index is 5.72. The van der Waals surface area contributed by atoms with Crippen LogP contribution in [-0.4, -0.2) is 4.98 Å². The van der Waals surface area contributed by atoms with Crippen molar-refractivity contribution in [3.8, 4) is 5.88 Å². The minimum absolute atomic E-state index is 0.367. The highest BCUT2D eigenvalue weighted by Gasteiger charge is 2.08. The number of benzene rings is 1. The number of fused-ring (bicyclic) bond motifs is 1. The monoisotopic (exact) mass is 254 g/mol. The molecular weight excluding hydrogens is 240 g/mol. The van der Waals surface area contributed by atoms with Crippen LogP contribution in [0.15, 0.2) is 53.3 Å². The molecule has 2 aromatic heterocycles. The Balaban J connectivity index is 1.95. The number of pyridine rings is 1. The van der Waals surface area contributed by atoms with E-state index in [1.165, 1.54) is 0 Å². The molecule has 0 unspecified atom stereocenters. The molecular formula is C15H14N2O2. The number of ether oxygens (including phenoxy) is 1. The van der Waals surface area contributed by atoms with Gasteiger partial charge in [-0.1, -0.05) is 18.2 Å². The van der Waals surface area contributed by atoms with Gasteiger partial charge in [0.25, 0.3) is 0 Å². The van der Waals surface area contributed by atoms with Crippen molar-refractivity contribution in [2.24, 2.45) is 5.73 Å². The van der Waals surface area contributed by atoms with Crippen LogP contribution in [0.3, 0.4) is 0 Å². The predicted molar refractivity (Wildman–Crippen MR) is 72.7 cm³/mol. The highest BCUT2D eigenvalue weighted by molar-refractivity contribution is 5.89. The molecule has 3 aromatic rings. The summed E-state index contributed by atoms with van der Waals surface area (Å²) in [5, 5.41) is 2.05. The van der Waals surface area contributed by atoms with Gasteiger partial charge < -0.3 is 14.9 Å². The van der Waals surface area contributed by atoms with Crippen LogP contribution in [0.5, 0.6) is 5.88 Å². The Morgan fingerprint density at radius 3 is 2.68 bits per heavy atom. The Kier molecular flexibility index (Phi) is 3.16. The van der Waals surface area contributed by atoms with Gasteiger partial charge in [-0.2, -0.15) is 0 Å². The predicted octanol–water partition coefficient (Wildman–Crippen LogP) is 2.87. The van der Waals surface area contributed by atoms with E-state index in [1.54, 1.807) is 12.5 Å². The number of nitrogens with two attached hydrogens (primary N) is 1. The Hall–Kier alpha value is -2.33. The van der Waals surface area contributed by atoms with Crippen molar-refractivity contribution >= 4 is 10.8 Å². The average Bonchev–Trinajstić information content (AvgIpc) is 2.98. The third-order valence-electron chi connectivity index (χ3n) is 2.99. The molecule has 0 radical (unpaired) electrons. The van der Waals surface area contributed by atoms with Crippen molar-refractivity contribution in [3.63, 3.8) is 0 Å². The molecule has 0 saturated carbocycles. The lowest BCUT2D eigenvalue weighted by molar-refractivity contribution is 0.264. The van der Waals surface area contributed by atoms with Gasteiger partial charge in [0.15, 0.2) is 0 Å². The second kappa shape index (κ2) is 5.12. The molecule has 0 atom stereocenters. The van der Waals surface area contributed by atoms with Gasteiger partial charge in [-0.25, -0.2) is 4.98 Å². The van der Waals surface area contributed by atoms with Crippen LogP contribution < -0.4 is 10.5 Å². The fourth-order valence-electron chi connectivity index (χ4n) is 2.04. The normalized spacial score (nSPS) is 10.8. The van der Waals surface area contributed by atoms with E-state index in [1.807, 2.05) is 36.4 Å². The molecule has 2 N–H and O–H groups in total. The first kappa shape index (κ1) is 11.7. The highest BCUT2D eigenvalue weighted by Crippen LogP contribution is 2.26. The fourth-order valence-corrected chi connectivity index (χ4v) is 2.04. The number of aromatic nitrogens is 1. The Morgan fingerprint density at radius 2 is 1.95 bits per heavy atom. The molecule has 4 heteroatoms. The molecule has 19 heavy (non-hydrogen) atoms. The number of hydrogen-bond donors (Lipinski definition) is 1. The summed E-state index contributed by atoms with van der Waals surface area (Å²) in [7, 11) is 0. The second-order valence-corrected chi connectivity index (χ2v) is 4.21. The average molecular weight is 254 g/mol. The smallest absolute Gasteiger partial charge is 0.221 e. The summed E-state index contributed by atoms with van der Waals surface area (Å²) in [4.78, 5) is 4.33. The quantitative estimate of drug-likeness (QED) is 0.777. The summed E-state index contributed by atoms with van der Waals surface area (Å²) < 4.78 is 11.0. The first-order valence-electron chi connectivity index (χ1n) is 6.10. The lowest BCUT2D eigenvalue weighted by atomic mass is 10.1. The van der Waals surface area contributed by atoms with Crippen LogP contribution >= 0.6 is 0 Å². The zero-order valence-electron chi connectivity index (χ0n) is 10.4. The van der Waals surface area contributed by atoms with E-state index in [9.17, 15) is 0 Å². The van der Waals surface area contributed by atoms with E-state index in [0.717, 1.165) is 22.1 Å². The van der Waals surface area contributed by atoms with Gasteiger partial charge in [-0.05, 0) is 29.1 Å². The molecule has 0 amide bonds. The molecule has 4 nitrogen and oxygen atoms in total. The third-order valence-corrected chi connectivity index (χ3v) is 2.99. The number of nitrogens with zero attached hydrogens (tertiary/aromatic N) is 1. The highest BCUT2D eigenvalue weighted by atomic mass is 16.5. The van der Waals surface area contributed by atoms with Gasteiger partial charge in [0.2, 0.25) is 5.88 Å². The summed E-state index contributed by atoms with van der Waals surface area (Å²) in [6.07, 6.45) is 3.39. The molecule has 1 aromatic carbocycles. The molecule has 0 spiro atoms. The molecule has 96 valence electrons. The summed E-state index contributed by atoms with van der Waals surface area (Å²) in [5.74, 6) is 1.37. The van der Waals surface area contributed by atoms with Crippen LogP contribution in [0.4, 0.5) is 0 Å². The van der Waals surface area contributed by atoms with Gasteiger partial charge in [-0.3, -0.25) is 0 Å². The molecule has 0 aliphatic heterocycles. The van der Waals surface area contributed by atoms with Crippen LogP contribution in [0.25, 0.3) is 10.8 Å². The van der Waals surface area contributed by atoms with Crippen LogP contribution in [0.2, 0.25) is 0 Å². The number of hydrogen-bond acceptors (Lipinski definition) is 4. The second-order valence-electron chi connectivity index (χ2n) is 4.21. The first-order chi connectivity index (χ1) is 9.38. The summed E-state index contributed by atoms with van der Waals surface area (Å²) in [5.41, 5.74) is 6.74. The Bertz CT molecular complexity index is 678. The molecule has 0 bridgehead atoms. The van der Waals surface area contributed by atoms with Crippen LogP contribution in [-0.2, 0) is 13.2 Å². The van der Waals surface area contributed by atoms with Crippen molar-refractivity contribution in [2.75, 3.05) is 0 Å². The van der Waals surface area contributed by atoms with Crippen molar-refractivity contribution in [1.29, 1.82) is 0 Å². The largest absolute Gasteiger partial charge is 0.469 e. The van der Waals surface area contributed by atoms with E-state index >= 15 is 0 Å². The fraction of sp³-hybridized carbons (Fsp3) is 0.133. The zero-order chi connectivity index (χ0) is 13.1.